The van der Waals surface area contributed by atoms with Crippen LogP contribution in [0.4, 0.5) is 0 Å². The van der Waals surface area contributed by atoms with Gasteiger partial charge in [0, 0.05) is 6.20 Å². The summed E-state index contributed by atoms with van der Waals surface area (Å²) in [6.07, 6.45) is 3.61. The number of carbonyl (C=O) groups excluding carboxylic acids is 1. The van der Waals surface area contributed by atoms with Crippen LogP contribution >= 0.6 is 0 Å². The number of rotatable bonds is 5. The van der Waals surface area contributed by atoms with E-state index in [-0.39, 0.29) is 0 Å². The fourth-order valence-electron chi connectivity index (χ4n) is 1.93. The molecule has 0 saturated heterocycles. The molecule has 0 fully saturated rings. The molecule has 8 heteroatoms. The van der Waals surface area contributed by atoms with Crippen LogP contribution in [0.3, 0.4) is 0 Å². The van der Waals surface area contributed by atoms with Crippen molar-refractivity contribution in [3.8, 4) is 0 Å². The second kappa shape index (κ2) is 5.64. The number of fused-ring (bicyclic) bond motifs is 1. The van der Waals surface area contributed by atoms with Crippen molar-refractivity contribution in [3.63, 3.8) is 0 Å². The first-order valence-electron chi connectivity index (χ1n) is 6.29. The molecule has 1 atom stereocenters. The Bertz CT molecular complexity index is 652. The molecule has 8 nitrogen and oxygen atoms in total. The number of aryl methyl sites for hydroxylation is 1. The minimum absolute atomic E-state index is 0.307. The average molecular weight is 277 g/mol. The number of nitrogens with zero attached hydrogens (tertiary/aromatic N) is 4. The van der Waals surface area contributed by atoms with E-state index in [0.29, 0.717) is 29.9 Å². The topological polar surface area (TPSA) is 109 Å². The molecular weight excluding hydrogens is 262 g/mol. The molecule has 2 N–H and O–H groups in total. The summed E-state index contributed by atoms with van der Waals surface area (Å²) in [6.45, 7) is 3.57. The van der Waals surface area contributed by atoms with Crippen molar-refractivity contribution in [2.75, 3.05) is 0 Å². The minimum atomic E-state index is -1.06. The van der Waals surface area contributed by atoms with Crippen molar-refractivity contribution < 1.29 is 14.7 Å². The maximum Gasteiger partial charge on any atom is 0.326 e. The first kappa shape index (κ1) is 13.9. The van der Waals surface area contributed by atoms with Gasteiger partial charge < -0.3 is 10.4 Å². The first-order valence-corrected chi connectivity index (χ1v) is 6.29. The Labute approximate surface area is 114 Å². The van der Waals surface area contributed by atoms with Gasteiger partial charge in [0.2, 0.25) is 0 Å². The molecule has 0 radical (unpaired) electrons. The molecule has 0 spiro atoms. The van der Waals surface area contributed by atoms with Crippen molar-refractivity contribution in [3.05, 3.63) is 23.8 Å². The summed E-state index contributed by atoms with van der Waals surface area (Å²) in [7, 11) is 0. The summed E-state index contributed by atoms with van der Waals surface area (Å²) in [6, 6.07) is -0.918. The van der Waals surface area contributed by atoms with E-state index in [1.54, 1.807) is 6.92 Å². The van der Waals surface area contributed by atoms with E-state index in [4.69, 9.17) is 5.11 Å². The van der Waals surface area contributed by atoms with Crippen LogP contribution in [-0.4, -0.2) is 42.6 Å². The highest BCUT2D eigenvalue weighted by molar-refractivity contribution is 5.97. The van der Waals surface area contributed by atoms with Gasteiger partial charge in [-0.15, -0.1) is 0 Å². The molecule has 0 aromatic carbocycles. The normalized spacial score (nSPS) is 12.3. The molecule has 0 aliphatic rings. The summed E-state index contributed by atoms with van der Waals surface area (Å²) < 4.78 is 1.48. The van der Waals surface area contributed by atoms with E-state index in [9.17, 15) is 9.59 Å². The van der Waals surface area contributed by atoms with Crippen molar-refractivity contribution in [1.82, 2.24) is 24.9 Å². The fourth-order valence-corrected chi connectivity index (χ4v) is 1.93. The number of carboxylic acids is 1. The third-order valence-electron chi connectivity index (χ3n) is 3.00. The van der Waals surface area contributed by atoms with Gasteiger partial charge in [-0.05, 0) is 12.8 Å². The average Bonchev–Trinajstić information content (AvgIpc) is 2.91. The Morgan fingerprint density at radius 2 is 2.15 bits per heavy atom. The Morgan fingerprint density at radius 1 is 1.40 bits per heavy atom. The van der Waals surface area contributed by atoms with Gasteiger partial charge in [0.05, 0.1) is 11.3 Å². The maximum atomic E-state index is 12.2. The number of carboxylic acid groups (broad SMARTS) is 1. The Balaban J connectivity index is 2.36. The summed E-state index contributed by atoms with van der Waals surface area (Å²) in [5.41, 5.74) is 0.954. The molecule has 106 valence electrons. The smallest absolute Gasteiger partial charge is 0.326 e. The Hall–Kier alpha value is -2.51. The summed E-state index contributed by atoms with van der Waals surface area (Å²) in [5.74, 6) is -1.13. The lowest BCUT2D eigenvalue weighted by molar-refractivity contribution is -0.139. The van der Waals surface area contributed by atoms with Crippen molar-refractivity contribution in [2.45, 2.75) is 32.7 Å². The number of hydrogen-bond acceptors (Lipinski definition) is 5. The number of aromatic nitrogens is 4. The molecule has 2 aromatic heterocycles. The van der Waals surface area contributed by atoms with Crippen molar-refractivity contribution in [1.29, 1.82) is 0 Å². The molecule has 0 aliphatic heterocycles. The minimum Gasteiger partial charge on any atom is -0.480 e. The maximum absolute atomic E-state index is 12.2. The van der Waals surface area contributed by atoms with E-state index in [1.165, 1.54) is 17.0 Å². The van der Waals surface area contributed by atoms with Gasteiger partial charge >= 0.3 is 5.97 Å². The third-order valence-corrected chi connectivity index (χ3v) is 3.00. The van der Waals surface area contributed by atoms with E-state index in [0.717, 1.165) is 0 Å². The van der Waals surface area contributed by atoms with Crippen LogP contribution in [0, 0.1) is 0 Å². The molecular formula is C12H15N5O3. The standard InChI is InChI=1S/C12H15N5O3/c1-3-8(11(19)20)16-10(18)7-5-13-12-14-6-15-17(12)9(7)4-2/h5-6,8H,3-4H2,1-2H3,(H,16,18)(H,19,20)/t8-/m0/s1. The molecule has 2 heterocycles. The van der Waals surface area contributed by atoms with Crippen LogP contribution in [0.2, 0.25) is 0 Å². The van der Waals surface area contributed by atoms with Gasteiger partial charge in [-0.25, -0.2) is 14.3 Å². The van der Waals surface area contributed by atoms with Crippen LogP contribution in [0.25, 0.3) is 5.78 Å². The zero-order chi connectivity index (χ0) is 14.7. The van der Waals surface area contributed by atoms with Gasteiger partial charge in [-0.1, -0.05) is 13.8 Å². The second-order valence-electron chi connectivity index (χ2n) is 4.22. The van der Waals surface area contributed by atoms with Gasteiger partial charge in [0.25, 0.3) is 11.7 Å². The quantitative estimate of drug-likeness (QED) is 0.812. The highest BCUT2D eigenvalue weighted by Gasteiger charge is 2.21. The summed E-state index contributed by atoms with van der Waals surface area (Å²) in [5, 5.41) is 15.5. The summed E-state index contributed by atoms with van der Waals surface area (Å²) >= 11 is 0. The Kier molecular flexibility index (Phi) is 3.92. The van der Waals surface area contributed by atoms with E-state index < -0.39 is 17.9 Å². The largest absolute Gasteiger partial charge is 0.480 e. The van der Waals surface area contributed by atoms with Crippen molar-refractivity contribution >= 4 is 17.7 Å². The van der Waals surface area contributed by atoms with Crippen LogP contribution < -0.4 is 5.32 Å². The number of hydrogen-bond donors (Lipinski definition) is 2. The number of nitrogens with one attached hydrogen (secondary N) is 1. The highest BCUT2D eigenvalue weighted by atomic mass is 16.4. The first-order chi connectivity index (χ1) is 9.58. The molecule has 20 heavy (non-hydrogen) atoms. The molecule has 0 aliphatic carbocycles. The van der Waals surface area contributed by atoms with E-state index >= 15 is 0 Å². The third kappa shape index (κ3) is 2.44. The SMILES string of the molecule is CCc1c(C(=O)N[C@@H](CC)C(=O)O)cnc2ncnn12. The summed E-state index contributed by atoms with van der Waals surface area (Å²) in [4.78, 5) is 31.1. The van der Waals surface area contributed by atoms with Crippen molar-refractivity contribution in [2.24, 2.45) is 0 Å². The lowest BCUT2D eigenvalue weighted by Gasteiger charge is -2.14. The number of carbonyl (C=O) groups is 2. The van der Waals surface area contributed by atoms with Gasteiger partial charge in [0.1, 0.15) is 12.4 Å². The predicted octanol–water partition coefficient (Wildman–Crippen LogP) is 0.280. The molecule has 0 bridgehead atoms. The van der Waals surface area contributed by atoms with Crippen LogP contribution in [0.15, 0.2) is 12.5 Å². The van der Waals surface area contributed by atoms with E-state index in [2.05, 4.69) is 20.4 Å². The van der Waals surface area contributed by atoms with Crippen LogP contribution in [0.5, 0.6) is 0 Å². The molecule has 2 rings (SSSR count). The number of aliphatic carboxylic acids is 1. The molecule has 0 unspecified atom stereocenters. The Morgan fingerprint density at radius 3 is 2.75 bits per heavy atom. The lowest BCUT2D eigenvalue weighted by atomic mass is 10.1. The van der Waals surface area contributed by atoms with Crippen LogP contribution in [0.1, 0.15) is 36.3 Å². The van der Waals surface area contributed by atoms with Crippen LogP contribution in [-0.2, 0) is 11.2 Å². The van der Waals surface area contributed by atoms with Gasteiger partial charge in [-0.3, -0.25) is 4.79 Å². The lowest BCUT2D eigenvalue weighted by Crippen LogP contribution is -2.40. The molecule has 1 amide bonds. The van der Waals surface area contributed by atoms with Gasteiger partial charge in [-0.2, -0.15) is 10.1 Å². The van der Waals surface area contributed by atoms with E-state index in [1.807, 2.05) is 6.92 Å². The zero-order valence-corrected chi connectivity index (χ0v) is 11.2. The predicted molar refractivity (Wildman–Crippen MR) is 69.3 cm³/mol. The highest BCUT2D eigenvalue weighted by Crippen LogP contribution is 2.10. The monoisotopic (exact) mass is 277 g/mol. The second-order valence-corrected chi connectivity index (χ2v) is 4.22. The fraction of sp³-hybridized carbons (Fsp3) is 0.417. The molecule has 2 aromatic rings. The van der Waals surface area contributed by atoms with Gasteiger partial charge in [0.15, 0.2) is 0 Å². The zero-order valence-electron chi connectivity index (χ0n) is 11.2. The number of amides is 1. The molecule has 0 saturated carbocycles.